The van der Waals surface area contributed by atoms with Gasteiger partial charge in [-0.25, -0.2) is 0 Å². The van der Waals surface area contributed by atoms with Gasteiger partial charge in [-0.1, -0.05) is 5.92 Å². The van der Waals surface area contributed by atoms with Gasteiger partial charge in [-0.05, 0) is 23.9 Å². The van der Waals surface area contributed by atoms with Gasteiger partial charge in [0.2, 0.25) is 0 Å². The molecule has 1 fully saturated rings. The smallest absolute Gasteiger partial charge is 0.771 e. The molecule has 0 amide bonds. The minimum absolute atomic E-state index is 0. The summed E-state index contributed by atoms with van der Waals surface area (Å²) < 4.78 is 19.6. The summed E-state index contributed by atoms with van der Waals surface area (Å²) in [7, 11) is 0. The third-order valence-electron chi connectivity index (χ3n) is 1.29. The summed E-state index contributed by atoms with van der Waals surface area (Å²) >= 11 is -2.05. The van der Waals surface area contributed by atoms with Crippen LogP contribution >= 0.6 is 0 Å². The van der Waals surface area contributed by atoms with Crippen LogP contribution in [0.15, 0.2) is 0 Å². The van der Waals surface area contributed by atoms with E-state index in [1.54, 1.807) is 0 Å². The van der Waals surface area contributed by atoms with Gasteiger partial charge in [0, 0.05) is 0 Å². The van der Waals surface area contributed by atoms with Gasteiger partial charge in [0.25, 0.3) is 0 Å². The van der Waals surface area contributed by atoms with Crippen LogP contribution < -0.4 is 29.6 Å². The Morgan fingerprint density at radius 2 is 2.11 bits per heavy atom. The molecule has 0 aromatic carbocycles. The van der Waals surface area contributed by atoms with E-state index in [9.17, 15) is 8.76 Å². The van der Waals surface area contributed by atoms with Crippen molar-refractivity contribution in [1.82, 2.24) is 0 Å². The van der Waals surface area contributed by atoms with E-state index >= 15 is 0 Å². The molecule has 0 aromatic heterocycles. The summed E-state index contributed by atoms with van der Waals surface area (Å²) in [6.45, 7) is 0. The molecule has 1 aliphatic carbocycles. The molecule has 1 unspecified atom stereocenters. The zero-order chi connectivity index (χ0) is 6.20. The van der Waals surface area contributed by atoms with Crippen molar-refractivity contribution in [3.63, 3.8) is 0 Å². The van der Waals surface area contributed by atoms with Crippen molar-refractivity contribution >= 4 is 11.1 Å². The summed E-state index contributed by atoms with van der Waals surface area (Å²) in [6, 6.07) is 0. The molecule has 1 rings (SSSR count). The summed E-state index contributed by atoms with van der Waals surface area (Å²) in [6.07, 6.45) is 6.20. The minimum atomic E-state index is -2.05. The Labute approximate surface area is 79.0 Å². The van der Waals surface area contributed by atoms with E-state index in [1.165, 1.54) is 0 Å². The Morgan fingerprint density at radius 3 is 2.11 bits per heavy atom. The van der Waals surface area contributed by atoms with Crippen LogP contribution in [0.4, 0.5) is 0 Å². The average Bonchev–Trinajstić information content (AvgIpc) is 2.44. The zero-order valence-corrected chi connectivity index (χ0v) is 8.03. The molecule has 1 atom stereocenters. The number of terminal acetylenes is 1. The quantitative estimate of drug-likeness (QED) is 0.229. The maximum atomic E-state index is 10.2. The third-order valence-corrected chi connectivity index (χ3v) is 2.45. The summed E-state index contributed by atoms with van der Waals surface area (Å²) in [5.41, 5.74) is 0. The maximum Gasteiger partial charge on any atom is 1.00 e. The molecule has 0 heterocycles. The maximum absolute atomic E-state index is 10.2. The summed E-state index contributed by atoms with van der Waals surface area (Å²) in [4.78, 5) is 0. The Morgan fingerprint density at radius 1 is 1.67 bits per heavy atom. The van der Waals surface area contributed by atoms with E-state index in [4.69, 9.17) is 6.42 Å². The summed E-state index contributed by atoms with van der Waals surface area (Å²) in [5.74, 6) is 2.24. The first-order valence-electron chi connectivity index (χ1n) is 2.28. The van der Waals surface area contributed by atoms with Crippen molar-refractivity contribution in [3.05, 3.63) is 0 Å². The van der Waals surface area contributed by atoms with E-state index < -0.39 is 15.8 Å². The fraction of sp³-hybridized carbons (Fsp3) is 0.600. The SMILES string of the molecule is C#CC1(S(=O)[O-])CC1.[Na+]. The third kappa shape index (κ3) is 1.79. The zero-order valence-electron chi connectivity index (χ0n) is 5.22. The molecule has 1 aliphatic rings. The predicted molar refractivity (Wildman–Crippen MR) is 29.7 cm³/mol. The first-order valence-corrected chi connectivity index (χ1v) is 3.36. The Hall–Kier alpha value is 0.670. The molecule has 4 heteroatoms. The van der Waals surface area contributed by atoms with Gasteiger partial charge in [0.1, 0.15) is 0 Å². The number of rotatable bonds is 1. The van der Waals surface area contributed by atoms with Crippen molar-refractivity contribution in [2.24, 2.45) is 0 Å². The first-order chi connectivity index (χ1) is 3.71. The molecule has 9 heavy (non-hydrogen) atoms. The molecule has 0 N–H and O–H groups in total. The molecule has 0 spiro atoms. The molecular weight excluding hydrogens is 147 g/mol. The van der Waals surface area contributed by atoms with Crippen molar-refractivity contribution in [2.75, 3.05) is 0 Å². The Balaban J connectivity index is 0.000000640. The monoisotopic (exact) mass is 152 g/mol. The second kappa shape index (κ2) is 3.18. The molecular formula is C5H5NaO2S. The second-order valence-corrected chi connectivity index (χ2v) is 3.12. The second-order valence-electron chi connectivity index (χ2n) is 1.87. The molecule has 44 valence electrons. The topological polar surface area (TPSA) is 40.1 Å². The Bertz CT molecular complexity index is 168. The van der Waals surface area contributed by atoms with Gasteiger partial charge in [-0.3, -0.25) is 4.21 Å². The fourth-order valence-electron chi connectivity index (χ4n) is 0.473. The summed E-state index contributed by atoms with van der Waals surface area (Å²) in [5, 5.41) is 0. The van der Waals surface area contributed by atoms with Gasteiger partial charge in [-0.2, -0.15) is 0 Å². The number of hydrogen-bond acceptors (Lipinski definition) is 2. The molecule has 0 radical (unpaired) electrons. The first kappa shape index (κ1) is 9.67. The predicted octanol–water partition coefficient (Wildman–Crippen LogP) is -2.96. The van der Waals surface area contributed by atoms with E-state index in [1.807, 2.05) is 0 Å². The standard InChI is InChI=1S/C5H6O2S.Na/c1-2-5(3-4-5)8(6)7;/h1H,3-4H2,(H,6,7);/q;+1/p-1. The number of hydrogen-bond donors (Lipinski definition) is 0. The molecule has 2 nitrogen and oxygen atoms in total. The molecule has 0 bridgehead atoms. The van der Waals surface area contributed by atoms with Crippen molar-refractivity contribution in [3.8, 4) is 12.3 Å². The van der Waals surface area contributed by atoms with Crippen molar-refractivity contribution in [1.29, 1.82) is 0 Å². The van der Waals surface area contributed by atoms with E-state index in [0.717, 1.165) is 0 Å². The van der Waals surface area contributed by atoms with Crippen LogP contribution in [-0.4, -0.2) is 13.5 Å². The van der Waals surface area contributed by atoms with Crippen LogP contribution in [0.5, 0.6) is 0 Å². The van der Waals surface area contributed by atoms with Crippen LogP contribution in [0.2, 0.25) is 0 Å². The molecule has 0 saturated heterocycles. The largest absolute Gasteiger partial charge is 1.00 e. The van der Waals surface area contributed by atoms with E-state index in [-0.39, 0.29) is 29.6 Å². The average molecular weight is 152 g/mol. The van der Waals surface area contributed by atoms with Crippen LogP contribution in [0.1, 0.15) is 12.8 Å². The van der Waals surface area contributed by atoms with Crippen LogP contribution in [-0.2, 0) is 11.1 Å². The molecule has 0 aromatic rings. The van der Waals surface area contributed by atoms with Gasteiger partial charge in [-0.15, -0.1) is 6.42 Å². The van der Waals surface area contributed by atoms with Crippen LogP contribution in [0, 0.1) is 12.3 Å². The fourth-order valence-corrected chi connectivity index (χ4v) is 1.00. The van der Waals surface area contributed by atoms with Gasteiger partial charge >= 0.3 is 29.6 Å². The minimum Gasteiger partial charge on any atom is -0.771 e. The van der Waals surface area contributed by atoms with Gasteiger partial charge < -0.3 is 4.55 Å². The van der Waals surface area contributed by atoms with E-state index in [2.05, 4.69) is 5.92 Å². The van der Waals surface area contributed by atoms with Crippen molar-refractivity contribution < 1.29 is 38.3 Å². The van der Waals surface area contributed by atoms with Gasteiger partial charge in [0.05, 0.1) is 4.75 Å². The van der Waals surface area contributed by atoms with Gasteiger partial charge in [0.15, 0.2) is 0 Å². The molecule has 0 aliphatic heterocycles. The van der Waals surface area contributed by atoms with Crippen LogP contribution in [0.25, 0.3) is 0 Å². The normalized spacial score (nSPS) is 23.1. The van der Waals surface area contributed by atoms with Crippen LogP contribution in [0.3, 0.4) is 0 Å². The van der Waals surface area contributed by atoms with E-state index in [0.29, 0.717) is 12.8 Å². The Kier molecular flexibility index (Phi) is 3.41. The van der Waals surface area contributed by atoms with Crippen molar-refractivity contribution in [2.45, 2.75) is 17.6 Å². The molecule has 1 saturated carbocycles.